The van der Waals surface area contributed by atoms with Gasteiger partial charge in [-0.2, -0.15) is 0 Å². The molecule has 6 N–H and O–H groups in total. The molecule has 1 amide bonds. The molecule has 0 unspecified atom stereocenters. The monoisotopic (exact) mass is 563 g/mol. The number of hydrogen-bond donors (Lipinski definition) is 5. The fraction of sp³-hybridized carbons (Fsp3) is 0.333. The number of esters is 1. The van der Waals surface area contributed by atoms with Gasteiger partial charge in [0.25, 0.3) is 5.91 Å². The van der Waals surface area contributed by atoms with Gasteiger partial charge in [-0.25, -0.2) is 4.98 Å². The Balaban J connectivity index is 1.89. The van der Waals surface area contributed by atoms with Crippen molar-refractivity contribution in [1.29, 1.82) is 0 Å². The summed E-state index contributed by atoms with van der Waals surface area (Å²) in [6, 6.07) is 11.9. The van der Waals surface area contributed by atoms with Crippen LogP contribution in [-0.4, -0.2) is 45.7 Å². The molecule has 11 nitrogen and oxygen atoms in total. The van der Waals surface area contributed by atoms with E-state index in [-0.39, 0.29) is 43.4 Å². The maximum absolute atomic E-state index is 13.3. The second-order valence-electron chi connectivity index (χ2n) is 9.64. The molecule has 0 spiro atoms. The average Bonchev–Trinajstić information content (AvgIpc) is 2.95. The summed E-state index contributed by atoms with van der Waals surface area (Å²) in [5, 5.41) is 27.8. The molecule has 0 aliphatic rings. The Hall–Kier alpha value is -4.64. The van der Waals surface area contributed by atoms with Crippen molar-refractivity contribution in [3.05, 3.63) is 82.0 Å². The highest BCUT2D eigenvalue weighted by Crippen LogP contribution is 2.29. The molecule has 0 bridgehead atoms. The number of pyridine rings is 1. The van der Waals surface area contributed by atoms with Crippen molar-refractivity contribution in [3.8, 4) is 5.75 Å². The Bertz CT molecular complexity index is 1390. The van der Waals surface area contributed by atoms with E-state index in [0.717, 1.165) is 16.7 Å². The van der Waals surface area contributed by atoms with Gasteiger partial charge in [-0.1, -0.05) is 11.2 Å². The van der Waals surface area contributed by atoms with E-state index in [2.05, 4.69) is 20.8 Å². The summed E-state index contributed by atoms with van der Waals surface area (Å²) in [7, 11) is 0. The summed E-state index contributed by atoms with van der Waals surface area (Å²) >= 11 is 0. The summed E-state index contributed by atoms with van der Waals surface area (Å²) in [5.41, 5.74) is 10.0. The molecule has 0 aliphatic heterocycles. The maximum Gasteiger partial charge on any atom is 0.306 e. The first-order valence-corrected chi connectivity index (χ1v) is 13.3. The third kappa shape index (κ3) is 8.67. The van der Waals surface area contributed by atoms with Gasteiger partial charge in [0.1, 0.15) is 11.6 Å². The van der Waals surface area contributed by atoms with Crippen molar-refractivity contribution in [1.82, 2.24) is 4.98 Å². The van der Waals surface area contributed by atoms with Crippen LogP contribution >= 0.6 is 0 Å². The molecule has 41 heavy (non-hydrogen) atoms. The standard InChI is InChI=1S/C30H37N5O6/c1-5-40-27(37)11-10-24-22(13-20(17-36)14-26(24)41-18(2)3)16-33-29-25(12-19(4)15-32-29)30(38)34-23-8-6-21(7-9-23)28(31)35-39/h6-9,12-15,18,36,39H,5,10-11,16-17H2,1-4H3,(H2,31,35)(H,32,33)(H,34,38). The Morgan fingerprint density at radius 2 is 1.88 bits per heavy atom. The van der Waals surface area contributed by atoms with Crippen LogP contribution in [0.4, 0.5) is 11.5 Å². The fourth-order valence-corrected chi connectivity index (χ4v) is 4.16. The first-order chi connectivity index (χ1) is 19.6. The molecule has 0 fully saturated rings. The normalized spacial score (nSPS) is 11.3. The number of nitrogens with zero attached hydrogens (tertiary/aromatic N) is 2. The summed E-state index contributed by atoms with van der Waals surface area (Å²) in [4.78, 5) is 29.9. The van der Waals surface area contributed by atoms with Gasteiger partial charge in [0.2, 0.25) is 0 Å². The number of carbonyl (C=O) groups is 2. The van der Waals surface area contributed by atoms with Gasteiger partial charge in [0.15, 0.2) is 5.84 Å². The van der Waals surface area contributed by atoms with Gasteiger partial charge < -0.3 is 36.2 Å². The first-order valence-electron chi connectivity index (χ1n) is 13.3. The number of ether oxygens (including phenoxy) is 2. The summed E-state index contributed by atoms with van der Waals surface area (Å²) in [6.45, 7) is 7.77. The number of hydrogen-bond acceptors (Lipinski definition) is 9. The highest BCUT2D eigenvalue weighted by Gasteiger charge is 2.18. The number of aliphatic hydroxyl groups excluding tert-OH is 1. The van der Waals surface area contributed by atoms with Crippen LogP contribution in [-0.2, 0) is 29.1 Å². The van der Waals surface area contributed by atoms with Gasteiger partial charge in [-0.15, -0.1) is 0 Å². The Kier molecular flexibility index (Phi) is 11.0. The van der Waals surface area contributed by atoms with Crippen LogP contribution < -0.4 is 21.1 Å². The molecule has 1 aromatic heterocycles. The van der Waals surface area contributed by atoms with E-state index in [1.165, 1.54) is 0 Å². The first kappa shape index (κ1) is 30.9. The Labute approximate surface area is 239 Å². The van der Waals surface area contributed by atoms with Gasteiger partial charge in [-0.05, 0) is 92.8 Å². The average molecular weight is 564 g/mol. The van der Waals surface area contributed by atoms with E-state index < -0.39 is 0 Å². The second-order valence-corrected chi connectivity index (χ2v) is 9.64. The van der Waals surface area contributed by atoms with Crippen molar-refractivity contribution in [2.75, 3.05) is 17.2 Å². The predicted octanol–water partition coefficient (Wildman–Crippen LogP) is 4.12. The SMILES string of the molecule is CCOC(=O)CCc1c(CNc2ncc(C)cc2C(=O)Nc2ccc(/C(N)=N/O)cc2)cc(CO)cc1OC(C)C. The molecule has 218 valence electrons. The lowest BCUT2D eigenvalue weighted by molar-refractivity contribution is -0.143. The molecule has 0 radical (unpaired) electrons. The van der Waals surface area contributed by atoms with Crippen molar-refractivity contribution in [2.24, 2.45) is 10.9 Å². The minimum absolute atomic E-state index is 0.0360. The molecule has 3 aromatic rings. The predicted molar refractivity (Wildman–Crippen MR) is 156 cm³/mol. The van der Waals surface area contributed by atoms with E-state index in [9.17, 15) is 14.7 Å². The largest absolute Gasteiger partial charge is 0.491 e. The van der Waals surface area contributed by atoms with Crippen LogP contribution in [0.3, 0.4) is 0 Å². The summed E-state index contributed by atoms with van der Waals surface area (Å²) in [6.07, 6.45) is 2.07. The Morgan fingerprint density at radius 1 is 1.15 bits per heavy atom. The molecule has 2 aromatic carbocycles. The number of aromatic nitrogens is 1. The molecule has 3 rings (SSSR count). The zero-order valence-electron chi connectivity index (χ0n) is 23.7. The highest BCUT2D eigenvalue weighted by molar-refractivity contribution is 6.07. The summed E-state index contributed by atoms with van der Waals surface area (Å²) in [5.74, 6) is 0.213. The number of aryl methyl sites for hydroxylation is 1. The molecule has 0 saturated heterocycles. The number of oxime groups is 1. The third-order valence-electron chi connectivity index (χ3n) is 6.05. The number of amides is 1. The van der Waals surface area contributed by atoms with Gasteiger partial charge in [-0.3, -0.25) is 9.59 Å². The number of nitrogens with one attached hydrogen (secondary N) is 2. The van der Waals surface area contributed by atoms with Crippen molar-refractivity contribution in [2.45, 2.75) is 59.8 Å². The minimum atomic E-state index is -0.379. The van der Waals surface area contributed by atoms with Gasteiger partial charge >= 0.3 is 5.97 Å². The van der Waals surface area contributed by atoms with E-state index in [1.54, 1.807) is 49.5 Å². The number of rotatable bonds is 13. The summed E-state index contributed by atoms with van der Waals surface area (Å²) < 4.78 is 11.2. The number of nitrogens with two attached hydrogens (primary N) is 1. The van der Waals surface area contributed by atoms with Crippen LogP contribution in [0.15, 0.2) is 53.8 Å². The van der Waals surface area contributed by atoms with Crippen molar-refractivity contribution >= 4 is 29.2 Å². The highest BCUT2D eigenvalue weighted by atomic mass is 16.5. The van der Waals surface area contributed by atoms with Crippen LogP contribution in [0.1, 0.15) is 65.4 Å². The van der Waals surface area contributed by atoms with Crippen LogP contribution in [0.5, 0.6) is 5.75 Å². The van der Waals surface area contributed by atoms with E-state index in [0.29, 0.717) is 47.0 Å². The molecule has 0 saturated carbocycles. The fourth-order valence-electron chi connectivity index (χ4n) is 4.16. The van der Waals surface area contributed by atoms with E-state index >= 15 is 0 Å². The number of anilines is 2. The van der Waals surface area contributed by atoms with E-state index in [1.807, 2.05) is 26.8 Å². The zero-order chi connectivity index (χ0) is 29.9. The lowest BCUT2D eigenvalue weighted by atomic mass is 9.98. The number of benzene rings is 2. The number of amidine groups is 1. The van der Waals surface area contributed by atoms with Gasteiger partial charge in [0.05, 0.1) is 24.9 Å². The Morgan fingerprint density at radius 3 is 2.51 bits per heavy atom. The topological polar surface area (TPSA) is 168 Å². The van der Waals surface area contributed by atoms with Crippen molar-refractivity contribution in [3.63, 3.8) is 0 Å². The quantitative estimate of drug-likeness (QED) is 0.0675. The number of aliphatic hydroxyl groups is 1. The molecular weight excluding hydrogens is 526 g/mol. The molecular formula is C30H37N5O6. The minimum Gasteiger partial charge on any atom is -0.491 e. The molecule has 0 aliphatic carbocycles. The van der Waals surface area contributed by atoms with Gasteiger partial charge in [0, 0.05) is 30.4 Å². The smallest absolute Gasteiger partial charge is 0.306 e. The molecule has 0 atom stereocenters. The van der Waals surface area contributed by atoms with Crippen LogP contribution in [0.25, 0.3) is 0 Å². The van der Waals surface area contributed by atoms with Crippen molar-refractivity contribution < 1.29 is 29.4 Å². The number of carbonyl (C=O) groups excluding carboxylic acids is 2. The third-order valence-corrected chi connectivity index (χ3v) is 6.05. The lowest BCUT2D eigenvalue weighted by Gasteiger charge is -2.20. The zero-order valence-corrected chi connectivity index (χ0v) is 23.7. The second kappa shape index (κ2) is 14.7. The van der Waals surface area contributed by atoms with Crippen LogP contribution in [0, 0.1) is 6.92 Å². The lowest BCUT2D eigenvalue weighted by Crippen LogP contribution is -2.17. The maximum atomic E-state index is 13.3. The molecule has 11 heteroatoms. The van der Waals surface area contributed by atoms with Crippen LogP contribution in [0.2, 0.25) is 0 Å². The molecule has 1 heterocycles. The van der Waals surface area contributed by atoms with E-state index in [4.69, 9.17) is 20.4 Å².